The van der Waals surface area contributed by atoms with Gasteiger partial charge in [0, 0.05) is 6.07 Å². The number of phenols is 2. The molecule has 3 rings (SSSR count). The van der Waals surface area contributed by atoms with Gasteiger partial charge in [-0.05, 0) is 29.8 Å². The first-order valence-corrected chi connectivity index (χ1v) is 5.89. The molecule has 100 valence electrons. The third kappa shape index (κ3) is 1.85. The Morgan fingerprint density at radius 3 is 2.60 bits per heavy atom. The van der Waals surface area contributed by atoms with Crippen LogP contribution in [0.4, 0.5) is 5.69 Å². The molecule has 5 heteroatoms. The van der Waals surface area contributed by atoms with Crippen LogP contribution in [0.15, 0.2) is 51.9 Å². The number of hydrogen-bond donors (Lipinski definition) is 3. The number of hydrogen-bond acceptors (Lipinski definition) is 5. The van der Waals surface area contributed by atoms with E-state index in [9.17, 15) is 15.0 Å². The molecule has 0 fully saturated rings. The van der Waals surface area contributed by atoms with Crippen molar-refractivity contribution in [2.75, 3.05) is 5.73 Å². The molecule has 0 saturated carbocycles. The van der Waals surface area contributed by atoms with E-state index in [-0.39, 0.29) is 22.6 Å². The minimum atomic E-state index is -0.226. The molecule has 1 aromatic heterocycles. The topological polar surface area (TPSA) is 96.7 Å². The Labute approximate surface area is 113 Å². The minimum Gasteiger partial charge on any atom is -0.508 e. The van der Waals surface area contributed by atoms with Crippen LogP contribution in [0.5, 0.6) is 11.5 Å². The molecule has 0 amide bonds. The molecule has 2 aromatic carbocycles. The van der Waals surface area contributed by atoms with Gasteiger partial charge >= 0.3 is 0 Å². The van der Waals surface area contributed by atoms with Crippen LogP contribution in [0.1, 0.15) is 0 Å². The summed E-state index contributed by atoms with van der Waals surface area (Å²) in [5.74, 6) is -0.00822. The van der Waals surface area contributed by atoms with E-state index in [2.05, 4.69) is 0 Å². The standard InChI is InChI=1S/C15H11NO4/c16-12-5-8(1-4-13(12)18)11-7-20-14-6-9(17)2-3-10(14)15(11)19/h1-7,17-18H,16H2. The van der Waals surface area contributed by atoms with Gasteiger partial charge in [-0.1, -0.05) is 6.07 Å². The average Bonchev–Trinajstić information content (AvgIpc) is 2.42. The first-order chi connectivity index (χ1) is 9.56. The Kier molecular flexibility index (Phi) is 2.61. The predicted molar refractivity (Wildman–Crippen MR) is 75.7 cm³/mol. The van der Waals surface area contributed by atoms with Gasteiger partial charge in [0.25, 0.3) is 0 Å². The van der Waals surface area contributed by atoms with Gasteiger partial charge in [0.05, 0.1) is 16.6 Å². The molecular weight excluding hydrogens is 258 g/mol. The fraction of sp³-hybridized carbons (Fsp3) is 0. The highest BCUT2D eigenvalue weighted by Gasteiger charge is 2.10. The summed E-state index contributed by atoms with van der Waals surface area (Å²) >= 11 is 0. The van der Waals surface area contributed by atoms with E-state index in [4.69, 9.17) is 10.2 Å². The first kappa shape index (κ1) is 12.1. The molecule has 5 nitrogen and oxygen atoms in total. The maximum absolute atomic E-state index is 12.4. The van der Waals surface area contributed by atoms with Crippen LogP contribution in [0, 0.1) is 0 Å². The Morgan fingerprint density at radius 2 is 1.85 bits per heavy atom. The smallest absolute Gasteiger partial charge is 0.200 e. The molecule has 3 aromatic rings. The lowest BCUT2D eigenvalue weighted by Crippen LogP contribution is -2.04. The molecule has 0 radical (unpaired) electrons. The molecule has 0 aliphatic carbocycles. The Bertz CT molecular complexity index is 867. The summed E-state index contributed by atoms with van der Waals surface area (Å²) in [6.45, 7) is 0. The second kappa shape index (κ2) is 4.31. The average molecular weight is 269 g/mol. The number of benzene rings is 2. The maximum Gasteiger partial charge on any atom is 0.200 e. The Balaban J connectivity index is 2.27. The number of aromatic hydroxyl groups is 2. The van der Waals surface area contributed by atoms with Crippen molar-refractivity contribution in [3.63, 3.8) is 0 Å². The van der Waals surface area contributed by atoms with Crippen molar-refractivity contribution < 1.29 is 14.6 Å². The van der Waals surface area contributed by atoms with E-state index in [0.29, 0.717) is 22.1 Å². The van der Waals surface area contributed by atoms with E-state index < -0.39 is 0 Å². The molecule has 0 aliphatic rings. The molecule has 4 N–H and O–H groups in total. The summed E-state index contributed by atoms with van der Waals surface area (Å²) in [7, 11) is 0. The molecule has 0 bridgehead atoms. The van der Waals surface area contributed by atoms with Crippen LogP contribution in [0.25, 0.3) is 22.1 Å². The molecular formula is C15H11NO4. The normalized spacial score (nSPS) is 10.8. The zero-order valence-corrected chi connectivity index (χ0v) is 10.3. The molecule has 0 atom stereocenters. The summed E-state index contributed by atoms with van der Waals surface area (Å²) in [5, 5.41) is 19.1. The van der Waals surface area contributed by atoms with E-state index in [0.717, 1.165) is 0 Å². The van der Waals surface area contributed by atoms with E-state index in [1.54, 1.807) is 6.07 Å². The van der Waals surface area contributed by atoms with Crippen LogP contribution in [-0.4, -0.2) is 10.2 Å². The molecule has 0 saturated heterocycles. The van der Waals surface area contributed by atoms with Crippen molar-refractivity contribution in [1.82, 2.24) is 0 Å². The van der Waals surface area contributed by atoms with Gasteiger partial charge in [-0.25, -0.2) is 0 Å². The number of fused-ring (bicyclic) bond motifs is 1. The Hall–Kier alpha value is -2.95. The van der Waals surface area contributed by atoms with Gasteiger partial charge in [0.15, 0.2) is 5.43 Å². The van der Waals surface area contributed by atoms with Gasteiger partial charge in [0.2, 0.25) is 0 Å². The summed E-state index contributed by atoms with van der Waals surface area (Å²) in [5.41, 5.74) is 6.80. The summed E-state index contributed by atoms with van der Waals surface area (Å²) in [4.78, 5) is 12.4. The second-order valence-electron chi connectivity index (χ2n) is 4.43. The zero-order chi connectivity index (χ0) is 14.3. The van der Waals surface area contributed by atoms with Gasteiger partial charge in [-0.15, -0.1) is 0 Å². The summed E-state index contributed by atoms with van der Waals surface area (Å²) in [6.07, 6.45) is 1.32. The fourth-order valence-electron chi connectivity index (χ4n) is 2.04. The van der Waals surface area contributed by atoms with E-state index >= 15 is 0 Å². The van der Waals surface area contributed by atoms with E-state index in [1.165, 1.54) is 36.6 Å². The first-order valence-electron chi connectivity index (χ1n) is 5.89. The predicted octanol–water partition coefficient (Wildman–Crippen LogP) is 2.45. The quantitative estimate of drug-likeness (QED) is 0.465. The van der Waals surface area contributed by atoms with Crippen molar-refractivity contribution in [1.29, 1.82) is 0 Å². The molecule has 0 spiro atoms. The number of nitrogen functional groups attached to an aromatic ring is 1. The Morgan fingerprint density at radius 1 is 1.05 bits per heavy atom. The number of anilines is 1. The van der Waals surface area contributed by atoms with Gasteiger partial charge in [0.1, 0.15) is 23.3 Å². The highest BCUT2D eigenvalue weighted by molar-refractivity contribution is 5.83. The van der Waals surface area contributed by atoms with Crippen molar-refractivity contribution in [2.45, 2.75) is 0 Å². The van der Waals surface area contributed by atoms with Gasteiger partial charge < -0.3 is 20.4 Å². The van der Waals surface area contributed by atoms with Crippen LogP contribution in [0.3, 0.4) is 0 Å². The second-order valence-corrected chi connectivity index (χ2v) is 4.43. The van der Waals surface area contributed by atoms with Crippen LogP contribution in [0.2, 0.25) is 0 Å². The van der Waals surface area contributed by atoms with E-state index in [1.807, 2.05) is 0 Å². The number of nitrogens with two attached hydrogens (primary N) is 1. The molecule has 0 unspecified atom stereocenters. The van der Waals surface area contributed by atoms with Gasteiger partial charge in [-0.2, -0.15) is 0 Å². The summed E-state index contributed by atoms with van der Waals surface area (Å²) in [6, 6.07) is 8.83. The zero-order valence-electron chi connectivity index (χ0n) is 10.3. The molecule has 0 aliphatic heterocycles. The van der Waals surface area contributed by atoms with Crippen LogP contribution < -0.4 is 11.2 Å². The maximum atomic E-state index is 12.4. The van der Waals surface area contributed by atoms with Crippen LogP contribution >= 0.6 is 0 Å². The SMILES string of the molecule is Nc1cc(-c2coc3cc(O)ccc3c2=O)ccc1O. The van der Waals surface area contributed by atoms with Gasteiger partial charge in [-0.3, -0.25) is 4.79 Å². The lowest BCUT2D eigenvalue weighted by atomic mass is 10.0. The lowest BCUT2D eigenvalue weighted by molar-refractivity contribution is 0.474. The number of rotatable bonds is 1. The molecule has 1 heterocycles. The van der Waals surface area contributed by atoms with Crippen molar-refractivity contribution in [3.8, 4) is 22.6 Å². The third-order valence-electron chi connectivity index (χ3n) is 3.10. The fourth-order valence-corrected chi connectivity index (χ4v) is 2.04. The summed E-state index contributed by atoms with van der Waals surface area (Å²) < 4.78 is 5.37. The van der Waals surface area contributed by atoms with Crippen molar-refractivity contribution in [3.05, 3.63) is 52.9 Å². The largest absolute Gasteiger partial charge is 0.508 e. The highest BCUT2D eigenvalue weighted by Crippen LogP contribution is 2.27. The molecule has 20 heavy (non-hydrogen) atoms. The number of phenolic OH excluding ortho intramolecular Hbond substituents is 2. The third-order valence-corrected chi connectivity index (χ3v) is 3.10. The van der Waals surface area contributed by atoms with Crippen molar-refractivity contribution >= 4 is 16.7 Å². The monoisotopic (exact) mass is 269 g/mol. The van der Waals surface area contributed by atoms with Crippen LogP contribution in [-0.2, 0) is 0 Å². The lowest BCUT2D eigenvalue weighted by Gasteiger charge is -2.05. The highest BCUT2D eigenvalue weighted by atomic mass is 16.3. The minimum absolute atomic E-state index is 0.0299. The van der Waals surface area contributed by atoms with Crippen molar-refractivity contribution in [2.24, 2.45) is 0 Å².